The molecule has 5 nitrogen and oxygen atoms in total. The van der Waals surface area contributed by atoms with Gasteiger partial charge in [0.25, 0.3) is 5.56 Å². The van der Waals surface area contributed by atoms with Crippen molar-refractivity contribution >= 4 is 53.4 Å². The molecule has 0 bridgehead atoms. The van der Waals surface area contributed by atoms with Crippen molar-refractivity contribution in [2.24, 2.45) is 0 Å². The van der Waals surface area contributed by atoms with Crippen molar-refractivity contribution in [3.8, 4) is 0 Å². The normalized spacial score (nSPS) is 9.43. The predicted molar refractivity (Wildman–Crippen MR) is 101 cm³/mol. The van der Waals surface area contributed by atoms with Gasteiger partial charge >= 0.3 is 0 Å². The van der Waals surface area contributed by atoms with Crippen molar-refractivity contribution in [3.63, 3.8) is 0 Å². The molecule has 3 N–H and O–H groups in total. The lowest BCUT2D eigenvalue weighted by atomic mass is 10.1. The molecule has 0 aliphatic rings. The first kappa shape index (κ1) is 21.2. The highest BCUT2D eigenvalue weighted by molar-refractivity contribution is 7.99. The molecule has 0 aliphatic heterocycles. The van der Waals surface area contributed by atoms with Crippen LogP contribution in [-0.2, 0) is 0 Å². The summed E-state index contributed by atoms with van der Waals surface area (Å²) in [6, 6.07) is 7.56. The fraction of sp³-hybridized carbons (Fsp3) is 0.133. The highest BCUT2D eigenvalue weighted by atomic mass is 35.5. The highest BCUT2D eigenvalue weighted by Crippen LogP contribution is 2.33. The minimum atomic E-state index is -0.215. The van der Waals surface area contributed by atoms with Gasteiger partial charge in [-0.05, 0) is 30.7 Å². The molecule has 124 valence electrons. The number of nitrogens with one attached hydrogen (secondary N) is 1. The molecule has 0 saturated heterocycles. The number of benzene rings is 1. The Labute approximate surface area is 150 Å². The number of pyridine rings is 1. The fourth-order valence-corrected chi connectivity index (χ4v) is 3.00. The second-order valence-electron chi connectivity index (χ2n) is 4.34. The van der Waals surface area contributed by atoms with Crippen LogP contribution in [0, 0.1) is 6.92 Å². The number of hydrogen-bond donors (Lipinski definition) is 2. The molecule has 0 spiro atoms. The molecule has 2 heterocycles. The van der Waals surface area contributed by atoms with E-state index in [1.165, 1.54) is 11.8 Å². The molecule has 0 radical (unpaired) electrons. The van der Waals surface area contributed by atoms with Gasteiger partial charge in [0.1, 0.15) is 0 Å². The molecule has 1 aromatic carbocycles. The quantitative estimate of drug-likeness (QED) is 0.713. The Bertz CT molecular complexity index is 840. The SMILES string of the molecule is C.Cc1ccc2nc(N)[nH]c(=O)c2c1Sc1ccncc1.Cl.Cl. The topological polar surface area (TPSA) is 84.7 Å². The molecule has 3 aromatic rings. The lowest BCUT2D eigenvalue weighted by molar-refractivity contribution is 1.16. The maximum absolute atomic E-state index is 12.2. The standard InChI is InChI=1S/C14H12N4OS.CH4.2ClH/c1-8-2-3-10-11(13(19)18-14(15)17-10)12(8)20-9-4-6-16-7-5-9;;;/h2-7H,1H3,(H3,15,17,18,19);1H4;2*1H. The van der Waals surface area contributed by atoms with Crippen molar-refractivity contribution in [1.29, 1.82) is 0 Å². The Balaban J connectivity index is 0.00000161. The lowest BCUT2D eigenvalue weighted by Gasteiger charge is -2.09. The molecule has 23 heavy (non-hydrogen) atoms. The number of aryl methyl sites for hydroxylation is 1. The number of H-pyrrole nitrogens is 1. The van der Waals surface area contributed by atoms with Crippen LogP contribution in [0.15, 0.2) is 51.2 Å². The Kier molecular flexibility index (Phi) is 8.09. The number of anilines is 1. The number of nitrogens with two attached hydrogens (primary N) is 1. The van der Waals surface area contributed by atoms with Crippen LogP contribution in [-0.4, -0.2) is 15.0 Å². The molecule has 0 amide bonds. The number of aromatic nitrogens is 3. The van der Waals surface area contributed by atoms with Crippen LogP contribution >= 0.6 is 36.6 Å². The first-order valence-electron chi connectivity index (χ1n) is 6.02. The zero-order valence-corrected chi connectivity index (χ0v) is 14.0. The predicted octanol–water partition coefficient (Wildman–Crippen LogP) is 3.84. The van der Waals surface area contributed by atoms with E-state index in [1.54, 1.807) is 12.4 Å². The summed E-state index contributed by atoms with van der Waals surface area (Å²) in [6.07, 6.45) is 3.45. The number of hydrogen-bond acceptors (Lipinski definition) is 5. The number of aromatic amines is 1. The maximum atomic E-state index is 12.2. The molecule has 8 heteroatoms. The number of rotatable bonds is 2. The van der Waals surface area contributed by atoms with Gasteiger partial charge in [-0.2, -0.15) is 0 Å². The summed E-state index contributed by atoms with van der Waals surface area (Å²) in [5, 5.41) is 0.570. The summed E-state index contributed by atoms with van der Waals surface area (Å²) in [7, 11) is 0. The van der Waals surface area contributed by atoms with E-state index in [9.17, 15) is 4.79 Å². The molecule has 0 fully saturated rings. The van der Waals surface area contributed by atoms with Gasteiger partial charge in [0.05, 0.1) is 10.9 Å². The third kappa shape index (κ3) is 4.37. The summed E-state index contributed by atoms with van der Waals surface area (Å²) >= 11 is 1.52. The van der Waals surface area contributed by atoms with Crippen LogP contribution in [0.5, 0.6) is 0 Å². The summed E-state index contributed by atoms with van der Waals surface area (Å²) in [5.74, 6) is 0.131. The van der Waals surface area contributed by atoms with Gasteiger partial charge in [-0.3, -0.25) is 14.8 Å². The highest BCUT2D eigenvalue weighted by Gasteiger charge is 2.11. The van der Waals surface area contributed by atoms with Crippen molar-refractivity contribution in [1.82, 2.24) is 15.0 Å². The summed E-state index contributed by atoms with van der Waals surface area (Å²) < 4.78 is 0. The molecule has 0 aliphatic carbocycles. The van der Waals surface area contributed by atoms with Crippen LogP contribution in [0.25, 0.3) is 10.9 Å². The van der Waals surface area contributed by atoms with E-state index in [1.807, 2.05) is 31.2 Å². The minimum Gasteiger partial charge on any atom is -0.369 e. The smallest absolute Gasteiger partial charge is 0.261 e. The van der Waals surface area contributed by atoms with Crippen LogP contribution in [0.1, 0.15) is 13.0 Å². The first-order valence-corrected chi connectivity index (χ1v) is 6.84. The van der Waals surface area contributed by atoms with Crippen LogP contribution in [0.2, 0.25) is 0 Å². The van der Waals surface area contributed by atoms with E-state index in [-0.39, 0.29) is 43.7 Å². The van der Waals surface area contributed by atoms with Gasteiger partial charge in [0.15, 0.2) is 0 Å². The van der Waals surface area contributed by atoms with E-state index in [4.69, 9.17) is 5.73 Å². The second-order valence-corrected chi connectivity index (χ2v) is 5.43. The van der Waals surface area contributed by atoms with Gasteiger partial charge in [-0.15, -0.1) is 24.8 Å². The summed E-state index contributed by atoms with van der Waals surface area (Å²) in [5.41, 5.74) is 7.00. The zero-order valence-electron chi connectivity index (χ0n) is 11.6. The molecular formula is C15H18Cl2N4OS. The number of fused-ring (bicyclic) bond motifs is 1. The monoisotopic (exact) mass is 372 g/mol. The molecule has 0 atom stereocenters. The third-order valence-corrected chi connectivity index (χ3v) is 4.15. The molecule has 3 rings (SSSR count). The molecule has 0 unspecified atom stereocenters. The largest absolute Gasteiger partial charge is 0.369 e. The van der Waals surface area contributed by atoms with E-state index < -0.39 is 0 Å². The molecule has 0 saturated carbocycles. The van der Waals surface area contributed by atoms with E-state index >= 15 is 0 Å². The van der Waals surface area contributed by atoms with Crippen LogP contribution in [0.3, 0.4) is 0 Å². The van der Waals surface area contributed by atoms with E-state index in [0.29, 0.717) is 10.9 Å². The summed E-state index contributed by atoms with van der Waals surface area (Å²) in [4.78, 5) is 24.8. The van der Waals surface area contributed by atoms with Crippen molar-refractivity contribution in [2.45, 2.75) is 24.1 Å². The number of nitrogens with zero attached hydrogens (tertiary/aromatic N) is 2. The van der Waals surface area contributed by atoms with Gasteiger partial charge in [0.2, 0.25) is 5.95 Å². The zero-order chi connectivity index (χ0) is 14.1. The summed E-state index contributed by atoms with van der Waals surface area (Å²) in [6.45, 7) is 1.97. The number of halogens is 2. The van der Waals surface area contributed by atoms with Crippen molar-refractivity contribution in [3.05, 3.63) is 52.6 Å². The van der Waals surface area contributed by atoms with E-state index in [2.05, 4.69) is 15.0 Å². The Morgan fingerprint density at radius 2 is 1.78 bits per heavy atom. The van der Waals surface area contributed by atoms with Crippen molar-refractivity contribution < 1.29 is 0 Å². The van der Waals surface area contributed by atoms with Gasteiger partial charge < -0.3 is 5.73 Å². The average molecular weight is 373 g/mol. The Morgan fingerprint density at radius 1 is 1.13 bits per heavy atom. The molecular weight excluding hydrogens is 355 g/mol. The van der Waals surface area contributed by atoms with E-state index in [0.717, 1.165) is 15.4 Å². The van der Waals surface area contributed by atoms with Crippen LogP contribution < -0.4 is 11.3 Å². The first-order chi connectivity index (χ1) is 9.65. The Hall–Kier alpha value is -1.76. The molecule has 2 aromatic heterocycles. The number of nitrogen functional groups attached to an aromatic ring is 1. The van der Waals surface area contributed by atoms with Gasteiger partial charge in [-0.25, -0.2) is 4.98 Å². The second kappa shape index (κ2) is 8.76. The minimum absolute atomic E-state index is 0. The maximum Gasteiger partial charge on any atom is 0.261 e. The van der Waals surface area contributed by atoms with Gasteiger partial charge in [0, 0.05) is 22.2 Å². The fourth-order valence-electron chi connectivity index (χ4n) is 1.98. The van der Waals surface area contributed by atoms with Crippen molar-refractivity contribution in [2.75, 3.05) is 5.73 Å². The Morgan fingerprint density at radius 3 is 2.43 bits per heavy atom. The van der Waals surface area contributed by atoms with Gasteiger partial charge in [-0.1, -0.05) is 25.3 Å². The average Bonchev–Trinajstić information content (AvgIpc) is 2.43. The third-order valence-electron chi connectivity index (χ3n) is 2.91. The lowest BCUT2D eigenvalue weighted by Crippen LogP contribution is -2.12. The van der Waals surface area contributed by atoms with Crippen LogP contribution in [0.4, 0.5) is 5.95 Å².